The maximum atomic E-state index is 11.7. The molecule has 0 aromatic rings. The summed E-state index contributed by atoms with van der Waals surface area (Å²) >= 11 is 0. The molecule has 3 nitrogen and oxygen atoms in total. The molecule has 0 radical (unpaired) electrons. The topological polar surface area (TPSA) is 46.5 Å². The predicted octanol–water partition coefficient (Wildman–Crippen LogP) is 6.80. The van der Waals surface area contributed by atoms with E-state index in [9.17, 15) is 4.79 Å². The van der Waals surface area contributed by atoms with Gasteiger partial charge in [-0.15, -0.1) is 0 Å². The number of rotatable bonds is 6. The van der Waals surface area contributed by atoms with E-state index in [0.29, 0.717) is 23.5 Å². The minimum atomic E-state index is -0.0711. The van der Waals surface area contributed by atoms with Gasteiger partial charge in [-0.25, -0.2) is 0 Å². The molecule has 0 aliphatic heterocycles. The smallest absolute Gasteiger partial charge is 0.139 e. The Morgan fingerprint density at radius 1 is 1.25 bits per heavy atom. The van der Waals surface area contributed by atoms with E-state index in [1.165, 1.54) is 19.3 Å². The van der Waals surface area contributed by atoms with Crippen molar-refractivity contribution in [2.45, 2.75) is 101 Å². The van der Waals surface area contributed by atoms with Gasteiger partial charge in [0.2, 0.25) is 0 Å². The van der Waals surface area contributed by atoms with Crippen LogP contribution < -0.4 is 0 Å². The maximum Gasteiger partial charge on any atom is 0.139 e. The number of ether oxygens (including phenoxy) is 1. The van der Waals surface area contributed by atoms with E-state index >= 15 is 0 Å². The molecule has 0 unspecified atom stereocenters. The van der Waals surface area contributed by atoms with Crippen molar-refractivity contribution in [3.05, 3.63) is 18.1 Å². The van der Waals surface area contributed by atoms with Crippen molar-refractivity contribution in [2.24, 2.45) is 28.6 Å². The minimum absolute atomic E-state index is 0.0545. The van der Waals surface area contributed by atoms with Gasteiger partial charge in [0, 0.05) is 19.4 Å². The molecular formula is C25H48O3. The molecule has 1 aliphatic carbocycles. The van der Waals surface area contributed by atoms with Crippen LogP contribution in [0.3, 0.4) is 0 Å². The summed E-state index contributed by atoms with van der Waals surface area (Å²) < 4.78 is 5.83. The molecule has 1 fully saturated rings. The Balaban J connectivity index is 0. The van der Waals surface area contributed by atoms with E-state index in [1.54, 1.807) is 6.92 Å². The third-order valence-corrected chi connectivity index (χ3v) is 5.60. The highest BCUT2D eigenvalue weighted by Gasteiger charge is 2.30. The number of allylic oxidation sites excluding steroid dienone is 1. The van der Waals surface area contributed by atoms with Gasteiger partial charge in [0.15, 0.2) is 0 Å². The molecule has 0 aromatic heterocycles. The van der Waals surface area contributed by atoms with Gasteiger partial charge in [-0.1, -0.05) is 74.1 Å². The van der Waals surface area contributed by atoms with Gasteiger partial charge >= 0.3 is 0 Å². The highest BCUT2D eigenvalue weighted by atomic mass is 16.5. The van der Waals surface area contributed by atoms with E-state index in [-0.39, 0.29) is 23.2 Å². The molecule has 3 heteroatoms. The first-order chi connectivity index (χ1) is 12.7. The van der Waals surface area contributed by atoms with Gasteiger partial charge in [0.1, 0.15) is 11.5 Å². The molecule has 0 aromatic carbocycles. The van der Waals surface area contributed by atoms with E-state index in [1.807, 2.05) is 6.92 Å². The van der Waals surface area contributed by atoms with Crippen LogP contribution in [0.25, 0.3) is 0 Å². The van der Waals surface area contributed by atoms with Crippen LogP contribution in [0.5, 0.6) is 0 Å². The molecule has 0 spiro atoms. The second kappa shape index (κ2) is 13.2. The molecular weight excluding hydrogens is 348 g/mol. The number of carbonyl (C=O) groups is 1. The molecule has 1 rings (SSSR count). The first-order valence-electron chi connectivity index (χ1n) is 10.7. The van der Waals surface area contributed by atoms with Gasteiger partial charge in [0.05, 0.1) is 6.10 Å². The molecule has 0 amide bonds. The van der Waals surface area contributed by atoms with Crippen LogP contribution in [-0.2, 0) is 9.53 Å². The van der Waals surface area contributed by atoms with Crippen molar-refractivity contribution in [3.63, 3.8) is 0 Å². The van der Waals surface area contributed by atoms with Gasteiger partial charge in [0.25, 0.3) is 0 Å². The summed E-state index contributed by atoms with van der Waals surface area (Å²) in [6.45, 7) is 24.9. The van der Waals surface area contributed by atoms with Crippen molar-refractivity contribution in [2.75, 3.05) is 7.11 Å². The molecule has 166 valence electrons. The number of aliphatic hydroxyl groups excluding tert-OH is 1. The molecule has 0 heterocycles. The van der Waals surface area contributed by atoms with Crippen LogP contribution in [0, 0.1) is 28.6 Å². The quantitative estimate of drug-likeness (QED) is 0.397. The van der Waals surface area contributed by atoms with Gasteiger partial charge in [-0.3, -0.25) is 4.79 Å². The Morgan fingerprint density at radius 2 is 1.75 bits per heavy atom. The summed E-state index contributed by atoms with van der Waals surface area (Å²) in [7, 11) is 1.00. The Hall–Kier alpha value is -1.05. The second-order valence-corrected chi connectivity index (χ2v) is 10.4. The summed E-state index contributed by atoms with van der Waals surface area (Å²) in [6, 6.07) is 0. The summed E-state index contributed by atoms with van der Waals surface area (Å²) in [6.07, 6.45) is 5.02. The molecule has 0 saturated heterocycles. The summed E-state index contributed by atoms with van der Waals surface area (Å²) in [4.78, 5) is 11.7. The summed E-state index contributed by atoms with van der Waals surface area (Å²) in [5.74, 6) is 2.26. The van der Waals surface area contributed by atoms with Crippen molar-refractivity contribution in [1.29, 1.82) is 0 Å². The molecule has 1 N–H and O–H groups in total. The molecule has 1 saturated carbocycles. The normalized spacial score (nSPS) is 20.0. The third kappa shape index (κ3) is 12.4. The first-order valence-corrected chi connectivity index (χ1v) is 10.7. The number of hydrogen-bond acceptors (Lipinski definition) is 3. The van der Waals surface area contributed by atoms with Crippen LogP contribution in [-0.4, -0.2) is 24.1 Å². The lowest BCUT2D eigenvalue weighted by Gasteiger charge is -2.30. The maximum absolute atomic E-state index is 11.7. The molecule has 28 heavy (non-hydrogen) atoms. The fourth-order valence-electron chi connectivity index (χ4n) is 3.55. The highest BCUT2D eigenvalue weighted by molar-refractivity contribution is 5.79. The van der Waals surface area contributed by atoms with Gasteiger partial charge < -0.3 is 9.84 Å². The predicted molar refractivity (Wildman–Crippen MR) is 121 cm³/mol. The Bertz CT molecular complexity index is 490. The Kier molecular flexibility index (Phi) is 13.8. The van der Waals surface area contributed by atoms with Crippen LogP contribution in [0.1, 0.15) is 94.9 Å². The SMILES string of the molecule is C=C=C(C[C@H](C(C)=O)C(C)(C)C)O[C@H](C)C(C)C.CO.C[C@H]1CCC(C)(C)C1. The Labute approximate surface area is 175 Å². The van der Waals surface area contributed by atoms with Crippen molar-refractivity contribution in [3.8, 4) is 0 Å². The average Bonchev–Trinajstić information content (AvgIpc) is 2.88. The number of hydrogen-bond donors (Lipinski definition) is 1. The second-order valence-electron chi connectivity index (χ2n) is 10.4. The molecule has 0 bridgehead atoms. The monoisotopic (exact) mass is 396 g/mol. The fraction of sp³-hybridized carbons (Fsp3) is 0.840. The lowest BCUT2D eigenvalue weighted by molar-refractivity contribution is -0.124. The average molecular weight is 397 g/mol. The van der Waals surface area contributed by atoms with E-state index < -0.39 is 0 Å². The van der Waals surface area contributed by atoms with Crippen molar-refractivity contribution >= 4 is 5.78 Å². The van der Waals surface area contributed by atoms with Crippen LogP contribution in [0.4, 0.5) is 0 Å². The van der Waals surface area contributed by atoms with E-state index in [2.05, 4.69) is 67.7 Å². The lowest BCUT2D eigenvalue weighted by Crippen LogP contribution is -2.28. The number of Topliss-reactive ketones (excluding diaryl/α,β-unsaturated/α-hetero) is 1. The van der Waals surface area contributed by atoms with Crippen LogP contribution in [0.15, 0.2) is 18.1 Å². The number of carbonyl (C=O) groups excluding carboxylic acids is 1. The van der Waals surface area contributed by atoms with Crippen LogP contribution >= 0.6 is 0 Å². The summed E-state index contributed by atoms with van der Waals surface area (Å²) in [5.41, 5.74) is 3.43. The van der Waals surface area contributed by atoms with E-state index in [0.717, 1.165) is 13.0 Å². The highest BCUT2D eigenvalue weighted by Crippen LogP contribution is 2.40. The van der Waals surface area contributed by atoms with Crippen molar-refractivity contribution in [1.82, 2.24) is 0 Å². The largest absolute Gasteiger partial charge is 0.487 e. The molecule has 1 aliphatic rings. The minimum Gasteiger partial charge on any atom is -0.487 e. The number of aliphatic hydroxyl groups is 1. The van der Waals surface area contributed by atoms with Gasteiger partial charge in [-0.2, -0.15) is 0 Å². The summed E-state index contributed by atoms with van der Waals surface area (Å²) in [5, 5.41) is 7.00. The zero-order valence-corrected chi connectivity index (χ0v) is 20.6. The van der Waals surface area contributed by atoms with Crippen molar-refractivity contribution < 1.29 is 14.6 Å². The zero-order chi connectivity index (χ0) is 22.7. The lowest BCUT2D eigenvalue weighted by atomic mass is 9.76. The Morgan fingerprint density at radius 3 is 1.96 bits per heavy atom. The van der Waals surface area contributed by atoms with Gasteiger partial charge in [-0.05, 0) is 49.4 Å². The number of ketones is 1. The fourth-order valence-corrected chi connectivity index (χ4v) is 3.55. The standard InChI is InChI=1S/C16H28O2.C8H16.CH4O/c1-9-14(18-13(5)11(2)3)10-15(12(4)17)16(6,7)8;1-7-4-5-8(2,3)6-7;1-2/h11,13,15H,1,10H2,2-8H3;7H,4-6H2,1-3H3;2H,1H3/t13-,15-;7-;/m10./s1. The first kappa shape index (κ1) is 29.2. The van der Waals surface area contributed by atoms with E-state index in [4.69, 9.17) is 9.84 Å². The van der Waals surface area contributed by atoms with Crippen LogP contribution in [0.2, 0.25) is 0 Å². The third-order valence-electron chi connectivity index (χ3n) is 5.60. The molecule has 3 atom stereocenters. The zero-order valence-electron chi connectivity index (χ0n) is 20.6.